The predicted molar refractivity (Wildman–Crippen MR) is 99.0 cm³/mol. The van der Waals surface area contributed by atoms with Crippen molar-refractivity contribution in [3.8, 4) is 0 Å². The normalized spacial score (nSPS) is 12.7. The van der Waals surface area contributed by atoms with Crippen molar-refractivity contribution in [2.24, 2.45) is 5.73 Å². The molecular weight excluding hydrogens is 349 g/mol. The molecule has 0 heterocycles. The molecule has 0 aromatic heterocycles. The van der Waals surface area contributed by atoms with Crippen LogP contribution >= 0.6 is 0 Å². The number of carbonyl (C=O) groups is 3. The zero-order chi connectivity index (χ0) is 19.8. The number of benzene rings is 2. The first kappa shape index (κ1) is 20.1. The van der Waals surface area contributed by atoms with Crippen molar-refractivity contribution in [1.82, 2.24) is 10.6 Å². The summed E-state index contributed by atoms with van der Waals surface area (Å²) in [5.74, 6) is -2.09. The maximum Gasteiger partial charge on any atom is 0.243 e. The standard InChI is InChI=1S/C20H22FN3O3/c1-13(25)23-18(12-15-8-5-9-16(21)10-15)20(27)24-17(19(22)26)11-14-6-3-2-4-7-14/h2-10,17-18H,11-12H2,1H3,(H2,22,26)(H,23,25)(H,24,27)/t17-,18+/m1/s1. The van der Waals surface area contributed by atoms with Crippen molar-refractivity contribution in [2.75, 3.05) is 0 Å². The second kappa shape index (κ2) is 9.47. The maximum atomic E-state index is 13.4. The summed E-state index contributed by atoms with van der Waals surface area (Å²) in [4.78, 5) is 35.9. The Kier molecular flexibility index (Phi) is 7.05. The van der Waals surface area contributed by atoms with E-state index in [0.29, 0.717) is 5.56 Å². The highest BCUT2D eigenvalue weighted by molar-refractivity contribution is 5.91. The van der Waals surface area contributed by atoms with Gasteiger partial charge in [-0.2, -0.15) is 0 Å². The van der Waals surface area contributed by atoms with Gasteiger partial charge in [0.2, 0.25) is 17.7 Å². The van der Waals surface area contributed by atoms with Crippen LogP contribution < -0.4 is 16.4 Å². The summed E-state index contributed by atoms with van der Waals surface area (Å²) in [6.45, 7) is 1.28. The van der Waals surface area contributed by atoms with Crippen LogP contribution in [-0.2, 0) is 27.2 Å². The molecule has 4 N–H and O–H groups in total. The van der Waals surface area contributed by atoms with E-state index in [1.165, 1.54) is 25.1 Å². The lowest BCUT2D eigenvalue weighted by atomic mass is 10.0. The fraction of sp³-hybridized carbons (Fsp3) is 0.250. The third kappa shape index (κ3) is 6.54. The molecule has 142 valence electrons. The molecule has 0 fully saturated rings. The molecule has 0 bridgehead atoms. The highest BCUT2D eigenvalue weighted by Crippen LogP contribution is 2.08. The second-order valence-corrected chi connectivity index (χ2v) is 6.24. The number of rotatable bonds is 8. The lowest BCUT2D eigenvalue weighted by molar-refractivity contribution is -0.130. The second-order valence-electron chi connectivity index (χ2n) is 6.24. The molecule has 27 heavy (non-hydrogen) atoms. The van der Waals surface area contributed by atoms with Crippen molar-refractivity contribution < 1.29 is 18.8 Å². The van der Waals surface area contributed by atoms with Crippen molar-refractivity contribution >= 4 is 17.7 Å². The zero-order valence-electron chi connectivity index (χ0n) is 14.9. The molecule has 0 aliphatic carbocycles. The molecule has 0 saturated heterocycles. The van der Waals surface area contributed by atoms with Crippen LogP contribution in [0, 0.1) is 5.82 Å². The number of nitrogens with one attached hydrogen (secondary N) is 2. The Balaban J connectivity index is 2.12. The Morgan fingerprint density at radius 2 is 1.56 bits per heavy atom. The van der Waals surface area contributed by atoms with Gasteiger partial charge in [0.15, 0.2) is 0 Å². The van der Waals surface area contributed by atoms with Gasteiger partial charge < -0.3 is 16.4 Å². The van der Waals surface area contributed by atoms with Crippen molar-refractivity contribution in [2.45, 2.75) is 31.8 Å². The van der Waals surface area contributed by atoms with Crippen LogP contribution in [0.4, 0.5) is 4.39 Å². The lowest BCUT2D eigenvalue weighted by Gasteiger charge is -2.22. The predicted octanol–water partition coefficient (Wildman–Crippen LogP) is 1.09. The number of primary amides is 1. The van der Waals surface area contributed by atoms with Gasteiger partial charge in [0.05, 0.1) is 0 Å². The number of hydrogen-bond donors (Lipinski definition) is 3. The average molecular weight is 371 g/mol. The largest absolute Gasteiger partial charge is 0.368 e. The van der Waals surface area contributed by atoms with E-state index in [9.17, 15) is 18.8 Å². The van der Waals surface area contributed by atoms with Gasteiger partial charge in [-0.3, -0.25) is 14.4 Å². The van der Waals surface area contributed by atoms with Crippen LogP contribution in [0.2, 0.25) is 0 Å². The molecule has 7 heteroatoms. The van der Waals surface area contributed by atoms with E-state index in [0.717, 1.165) is 5.56 Å². The highest BCUT2D eigenvalue weighted by Gasteiger charge is 2.25. The summed E-state index contributed by atoms with van der Waals surface area (Å²) >= 11 is 0. The zero-order valence-corrected chi connectivity index (χ0v) is 14.9. The van der Waals surface area contributed by atoms with E-state index in [1.807, 2.05) is 30.3 Å². The van der Waals surface area contributed by atoms with Gasteiger partial charge in [0, 0.05) is 19.8 Å². The maximum absolute atomic E-state index is 13.4. The Morgan fingerprint density at radius 1 is 0.926 bits per heavy atom. The van der Waals surface area contributed by atoms with Gasteiger partial charge in [0.1, 0.15) is 17.9 Å². The Bertz CT molecular complexity index is 811. The number of carbonyl (C=O) groups excluding carboxylic acids is 3. The molecule has 2 atom stereocenters. The summed E-state index contributed by atoms with van der Waals surface area (Å²) in [5, 5.41) is 5.11. The quantitative estimate of drug-likeness (QED) is 0.647. The number of halogens is 1. The first-order valence-corrected chi connectivity index (χ1v) is 8.50. The van der Waals surface area contributed by atoms with E-state index >= 15 is 0 Å². The molecule has 0 saturated carbocycles. The third-order valence-electron chi connectivity index (χ3n) is 3.97. The van der Waals surface area contributed by atoms with Crippen LogP contribution in [-0.4, -0.2) is 29.8 Å². The molecule has 2 rings (SSSR count). The Labute approximate surface area is 156 Å². The van der Waals surface area contributed by atoms with Crippen molar-refractivity contribution in [3.05, 3.63) is 71.5 Å². The summed E-state index contributed by atoms with van der Waals surface area (Å²) in [6, 6.07) is 13.0. The number of hydrogen-bond acceptors (Lipinski definition) is 3. The van der Waals surface area contributed by atoms with E-state index < -0.39 is 35.6 Å². The first-order chi connectivity index (χ1) is 12.8. The monoisotopic (exact) mass is 371 g/mol. The molecule has 0 spiro atoms. The van der Waals surface area contributed by atoms with Crippen LogP contribution in [0.15, 0.2) is 54.6 Å². The molecule has 0 unspecified atom stereocenters. The summed E-state index contributed by atoms with van der Waals surface area (Å²) in [7, 11) is 0. The topological polar surface area (TPSA) is 101 Å². The van der Waals surface area contributed by atoms with E-state index in [2.05, 4.69) is 10.6 Å². The molecular formula is C20H22FN3O3. The van der Waals surface area contributed by atoms with Gasteiger partial charge in [-0.1, -0.05) is 42.5 Å². The van der Waals surface area contributed by atoms with Crippen molar-refractivity contribution in [3.63, 3.8) is 0 Å². The fourth-order valence-corrected chi connectivity index (χ4v) is 2.70. The summed E-state index contributed by atoms with van der Waals surface area (Å²) in [6.07, 6.45) is 0.314. The lowest BCUT2D eigenvalue weighted by Crippen LogP contribution is -2.54. The van der Waals surface area contributed by atoms with E-state index in [-0.39, 0.29) is 12.8 Å². The molecule has 0 aliphatic rings. The van der Waals surface area contributed by atoms with Crippen LogP contribution in [0.5, 0.6) is 0 Å². The van der Waals surface area contributed by atoms with Gasteiger partial charge in [-0.05, 0) is 23.3 Å². The van der Waals surface area contributed by atoms with E-state index in [4.69, 9.17) is 5.73 Å². The molecule has 2 aromatic rings. The SMILES string of the molecule is CC(=O)N[C@@H](Cc1cccc(F)c1)C(=O)N[C@H](Cc1ccccc1)C(N)=O. The fourth-order valence-electron chi connectivity index (χ4n) is 2.70. The number of amides is 3. The van der Waals surface area contributed by atoms with Gasteiger partial charge in [-0.15, -0.1) is 0 Å². The summed E-state index contributed by atoms with van der Waals surface area (Å²) < 4.78 is 13.4. The molecule has 0 radical (unpaired) electrons. The third-order valence-corrected chi connectivity index (χ3v) is 3.97. The molecule has 6 nitrogen and oxygen atoms in total. The van der Waals surface area contributed by atoms with Gasteiger partial charge in [-0.25, -0.2) is 4.39 Å². The van der Waals surface area contributed by atoms with Crippen LogP contribution in [0.25, 0.3) is 0 Å². The first-order valence-electron chi connectivity index (χ1n) is 8.50. The average Bonchev–Trinajstić information content (AvgIpc) is 2.61. The smallest absolute Gasteiger partial charge is 0.243 e. The Morgan fingerprint density at radius 3 is 2.15 bits per heavy atom. The Hall–Kier alpha value is -3.22. The molecule has 2 aromatic carbocycles. The number of nitrogens with two attached hydrogens (primary N) is 1. The molecule has 0 aliphatic heterocycles. The summed E-state index contributed by atoms with van der Waals surface area (Å²) in [5.41, 5.74) is 6.80. The van der Waals surface area contributed by atoms with Crippen LogP contribution in [0.1, 0.15) is 18.1 Å². The van der Waals surface area contributed by atoms with Gasteiger partial charge in [0.25, 0.3) is 0 Å². The van der Waals surface area contributed by atoms with Gasteiger partial charge >= 0.3 is 0 Å². The minimum Gasteiger partial charge on any atom is -0.368 e. The minimum absolute atomic E-state index is 0.0833. The van der Waals surface area contributed by atoms with Crippen molar-refractivity contribution in [1.29, 1.82) is 0 Å². The van der Waals surface area contributed by atoms with Crippen LogP contribution in [0.3, 0.4) is 0 Å². The minimum atomic E-state index is -0.957. The van der Waals surface area contributed by atoms with E-state index in [1.54, 1.807) is 6.07 Å². The molecule has 3 amide bonds. The highest BCUT2D eigenvalue weighted by atomic mass is 19.1.